The number of rotatable bonds is 6. The Balaban J connectivity index is 3.35. The lowest BCUT2D eigenvalue weighted by Gasteiger charge is -2.14. The maximum atomic E-state index is 12.0. The van der Waals surface area contributed by atoms with E-state index in [4.69, 9.17) is 9.47 Å². The summed E-state index contributed by atoms with van der Waals surface area (Å²) in [5.41, 5.74) is -0.407. The lowest BCUT2D eigenvalue weighted by molar-refractivity contribution is -0.385. The van der Waals surface area contributed by atoms with Gasteiger partial charge in [-0.2, -0.15) is 0 Å². The largest absolute Gasteiger partial charge is 0.465 e. The molecule has 0 aliphatic heterocycles. The van der Waals surface area contributed by atoms with Crippen LogP contribution in [0.15, 0.2) is 22.7 Å². The van der Waals surface area contributed by atoms with Crippen LogP contribution < -0.4 is 0 Å². The fraction of sp³-hybridized carbons (Fsp3) is 0.385. The molecule has 0 radical (unpaired) electrons. The van der Waals surface area contributed by atoms with Gasteiger partial charge in [0.1, 0.15) is 0 Å². The van der Waals surface area contributed by atoms with E-state index in [1.165, 1.54) is 18.2 Å². The Labute approximate surface area is 129 Å². The molecule has 8 heteroatoms. The molecule has 114 valence electrons. The number of ether oxygens (including phenoxy) is 2. The Bertz CT molecular complexity index is 542. The highest BCUT2D eigenvalue weighted by molar-refractivity contribution is 9.10. The molecule has 0 spiro atoms. The molecule has 0 saturated heterocycles. The lowest BCUT2D eigenvalue weighted by atomic mass is 9.97. The number of nitro benzene ring substituents is 1. The Morgan fingerprint density at radius 2 is 1.76 bits per heavy atom. The summed E-state index contributed by atoms with van der Waals surface area (Å²) in [7, 11) is 0. The first-order valence-corrected chi connectivity index (χ1v) is 6.98. The van der Waals surface area contributed by atoms with E-state index in [0.29, 0.717) is 4.47 Å². The Morgan fingerprint density at radius 1 is 1.24 bits per heavy atom. The normalized spacial score (nSPS) is 10.3. The summed E-state index contributed by atoms with van der Waals surface area (Å²) < 4.78 is 10.1. The number of carbonyl (C=O) groups is 2. The van der Waals surface area contributed by atoms with Gasteiger partial charge in [-0.15, -0.1) is 0 Å². The summed E-state index contributed by atoms with van der Waals surface area (Å²) in [6.07, 6.45) is 0. The second kappa shape index (κ2) is 7.72. The number of hydrogen-bond donors (Lipinski definition) is 0. The molecule has 1 aromatic carbocycles. The highest BCUT2D eigenvalue weighted by Crippen LogP contribution is 2.31. The molecule has 0 bridgehead atoms. The molecule has 1 aromatic rings. The smallest absolute Gasteiger partial charge is 0.325 e. The first-order valence-electron chi connectivity index (χ1n) is 6.19. The van der Waals surface area contributed by atoms with Crippen molar-refractivity contribution < 1.29 is 24.0 Å². The van der Waals surface area contributed by atoms with Crippen molar-refractivity contribution in [2.45, 2.75) is 19.8 Å². The number of carbonyl (C=O) groups excluding carboxylic acids is 2. The van der Waals surface area contributed by atoms with Crippen molar-refractivity contribution in [2.75, 3.05) is 13.2 Å². The highest BCUT2D eigenvalue weighted by atomic mass is 79.9. The van der Waals surface area contributed by atoms with Crippen molar-refractivity contribution in [3.05, 3.63) is 38.3 Å². The molecule has 0 heterocycles. The molecule has 7 nitrogen and oxygen atoms in total. The molecule has 21 heavy (non-hydrogen) atoms. The summed E-state index contributed by atoms with van der Waals surface area (Å²) in [6, 6.07) is 4.06. The minimum absolute atomic E-state index is 0.0546. The van der Waals surface area contributed by atoms with Gasteiger partial charge in [0, 0.05) is 10.5 Å². The van der Waals surface area contributed by atoms with Crippen LogP contribution in [0.1, 0.15) is 25.3 Å². The van der Waals surface area contributed by atoms with Crippen LogP contribution in [0.2, 0.25) is 0 Å². The number of nitro groups is 1. The van der Waals surface area contributed by atoms with Gasteiger partial charge in [0.15, 0.2) is 5.92 Å². The summed E-state index contributed by atoms with van der Waals surface area (Å²) >= 11 is 3.11. The van der Waals surface area contributed by atoms with Gasteiger partial charge in [0.25, 0.3) is 5.69 Å². The van der Waals surface area contributed by atoms with Crippen molar-refractivity contribution >= 4 is 33.6 Å². The molecule has 0 aliphatic rings. The Morgan fingerprint density at radius 3 is 2.19 bits per heavy atom. The molecule has 0 fully saturated rings. The molecule has 0 saturated carbocycles. The second-order valence-corrected chi connectivity index (χ2v) is 4.81. The number of hydrogen-bond acceptors (Lipinski definition) is 6. The number of nitrogens with zero attached hydrogens (tertiary/aromatic N) is 1. The topological polar surface area (TPSA) is 95.7 Å². The Kier molecular flexibility index (Phi) is 6.29. The van der Waals surface area contributed by atoms with Gasteiger partial charge in [-0.3, -0.25) is 19.7 Å². The van der Waals surface area contributed by atoms with E-state index >= 15 is 0 Å². The van der Waals surface area contributed by atoms with Crippen LogP contribution in [0.5, 0.6) is 0 Å². The van der Waals surface area contributed by atoms with E-state index in [1.54, 1.807) is 13.8 Å². The van der Waals surface area contributed by atoms with Crippen molar-refractivity contribution in [1.29, 1.82) is 0 Å². The van der Waals surface area contributed by atoms with Gasteiger partial charge in [0.05, 0.1) is 23.7 Å². The van der Waals surface area contributed by atoms with Crippen LogP contribution in [-0.2, 0) is 19.1 Å². The Hall–Kier alpha value is -1.96. The van der Waals surface area contributed by atoms with E-state index in [-0.39, 0.29) is 24.5 Å². The quantitative estimate of drug-likeness (QED) is 0.335. The van der Waals surface area contributed by atoms with E-state index in [2.05, 4.69) is 15.9 Å². The zero-order chi connectivity index (χ0) is 16.0. The number of halogens is 1. The van der Waals surface area contributed by atoms with E-state index in [1.807, 2.05) is 0 Å². The summed E-state index contributed by atoms with van der Waals surface area (Å²) in [4.78, 5) is 34.4. The van der Waals surface area contributed by atoms with Crippen LogP contribution >= 0.6 is 15.9 Å². The fourth-order valence-electron chi connectivity index (χ4n) is 1.72. The molecule has 0 aliphatic carbocycles. The molecule has 0 atom stereocenters. The summed E-state index contributed by atoms with van der Waals surface area (Å²) in [5.74, 6) is -3.22. The molecule has 0 unspecified atom stereocenters. The maximum absolute atomic E-state index is 12.0. The molecule has 0 aromatic heterocycles. The van der Waals surface area contributed by atoms with Crippen molar-refractivity contribution in [1.82, 2.24) is 0 Å². The molecule has 0 amide bonds. The summed E-state index contributed by atoms with van der Waals surface area (Å²) in [5, 5.41) is 11.1. The highest BCUT2D eigenvalue weighted by Gasteiger charge is 2.36. The van der Waals surface area contributed by atoms with Gasteiger partial charge in [-0.1, -0.05) is 15.9 Å². The van der Waals surface area contributed by atoms with E-state index in [9.17, 15) is 19.7 Å². The zero-order valence-corrected chi connectivity index (χ0v) is 13.1. The van der Waals surface area contributed by atoms with Crippen LogP contribution in [0, 0.1) is 10.1 Å². The predicted octanol–water partition coefficient (Wildman–Crippen LogP) is 2.57. The average Bonchev–Trinajstić information content (AvgIpc) is 2.41. The monoisotopic (exact) mass is 359 g/mol. The molecule has 0 N–H and O–H groups in total. The second-order valence-electron chi connectivity index (χ2n) is 3.90. The third-order valence-corrected chi connectivity index (χ3v) is 3.04. The summed E-state index contributed by atoms with van der Waals surface area (Å²) in [6.45, 7) is 3.27. The minimum Gasteiger partial charge on any atom is -0.465 e. The van der Waals surface area contributed by atoms with Crippen molar-refractivity contribution in [2.24, 2.45) is 0 Å². The number of esters is 2. The van der Waals surface area contributed by atoms with Gasteiger partial charge in [-0.05, 0) is 26.0 Å². The van der Waals surface area contributed by atoms with Crippen LogP contribution in [0.25, 0.3) is 0 Å². The number of benzene rings is 1. The van der Waals surface area contributed by atoms with E-state index in [0.717, 1.165) is 0 Å². The van der Waals surface area contributed by atoms with Crippen LogP contribution in [0.3, 0.4) is 0 Å². The van der Waals surface area contributed by atoms with Gasteiger partial charge < -0.3 is 9.47 Å². The predicted molar refractivity (Wildman–Crippen MR) is 76.8 cm³/mol. The third kappa shape index (κ3) is 4.25. The van der Waals surface area contributed by atoms with E-state index < -0.39 is 22.8 Å². The first kappa shape index (κ1) is 17.1. The standard InChI is InChI=1S/C13H14BrNO6/c1-3-20-12(16)11(13(17)21-4-2)9-6-5-8(14)7-10(9)15(18)19/h5-7,11H,3-4H2,1-2H3. The van der Waals surface area contributed by atoms with Crippen LogP contribution in [0.4, 0.5) is 5.69 Å². The lowest BCUT2D eigenvalue weighted by Crippen LogP contribution is -2.26. The van der Waals surface area contributed by atoms with Gasteiger partial charge in [0.2, 0.25) is 0 Å². The fourth-order valence-corrected chi connectivity index (χ4v) is 2.07. The third-order valence-electron chi connectivity index (χ3n) is 2.54. The van der Waals surface area contributed by atoms with Gasteiger partial charge in [-0.25, -0.2) is 0 Å². The maximum Gasteiger partial charge on any atom is 0.325 e. The molecule has 1 rings (SSSR count). The van der Waals surface area contributed by atoms with Crippen molar-refractivity contribution in [3.63, 3.8) is 0 Å². The minimum atomic E-state index is -1.47. The SMILES string of the molecule is CCOC(=O)C(C(=O)OCC)c1ccc(Br)cc1[N+](=O)[O-]. The average molecular weight is 360 g/mol. The van der Waals surface area contributed by atoms with Gasteiger partial charge >= 0.3 is 11.9 Å². The molecular formula is C13H14BrNO6. The molecular weight excluding hydrogens is 346 g/mol. The van der Waals surface area contributed by atoms with Crippen LogP contribution in [-0.4, -0.2) is 30.1 Å². The first-order chi connectivity index (χ1) is 9.92. The zero-order valence-electron chi connectivity index (χ0n) is 11.5. The van der Waals surface area contributed by atoms with Crippen molar-refractivity contribution in [3.8, 4) is 0 Å².